The molecule has 15 heavy (non-hydrogen) atoms. The Morgan fingerprint density at radius 1 is 1.60 bits per heavy atom. The fourth-order valence-corrected chi connectivity index (χ4v) is 1.69. The SMILES string of the molecule is CC(C)CCC(=O)N1CCOCC1CO. The molecule has 4 nitrogen and oxygen atoms in total. The van der Waals surface area contributed by atoms with Crippen LogP contribution in [0.1, 0.15) is 26.7 Å². The van der Waals surface area contributed by atoms with Crippen LogP contribution in [0.5, 0.6) is 0 Å². The van der Waals surface area contributed by atoms with Gasteiger partial charge in [-0.1, -0.05) is 13.8 Å². The van der Waals surface area contributed by atoms with Crippen LogP contribution in [0.15, 0.2) is 0 Å². The Labute approximate surface area is 91.2 Å². The summed E-state index contributed by atoms with van der Waals surface area (Å²) in [6.45, 7) is 5.87. The summed E-state index contributed by atoms with van der Waals surface area (Å²) in [5.74, 6) is 0.689. The molecule has 4 heteroatoms. The van der Waals surface area contributed by atoms with E-state index in [9.17, 15) is 4.79 Å². The summed E-state index contributed by atoms with van der Waals surface area (Å²) in [4.78, 5) is 13.6. The molecule has 1 fully saturated rings. The Kier molecular flexibility index (Phi) is 5.05. The van der Waals surface area contributed by atoms with Crippen LogP contribution in [0.2, 0.25) is 0 Å². The van der Waals surface area contributed by atoms with E-state index < -0.39 is 0 Å². The monoisotopic (exact) mass is 215 g/mol. The second-order valence-corrected chi connectivity index (χ2v) is 4.43. The van der Waals surface area contributed by atoms with Gasteiger partial charge in [0.15, 0.2) is 0 Å². The first kappa shape index (κ1) is 12.5. The molecule has 0 saturated carbocycles. The lowest BCUT2D eigenvalue weighted by Crippen LogP contribution is -2.50. The minimum Gasteiger partial charge on any atom is -0.394 e. The second-order valence-electron chi connectivity index (χ2n) is 4.43. The molecule has 1 N–H and O–H groups in total. The molecule has 1 aliphatic heterocycles. The van der Waals surface area contributed by atoms with Crippen molar-refractivity contribution in [3.63, 3.8) is 0 Å². The van der Waals surface area contributed by atoms with Crippen LogP contribution in [0.4, 0.5) is 0 Å². The van der Waals surface area contributed by atoms with Crippen molar-refractivity contribution in [2.24, 2.45) is 5.92 Å². The summed E-state index contributed by atoms with van der Waals surface area (Å²) in [7, 11) is 0. The molecule has 1 aliphatic rings. The number of hydrogen-bond donors (Lipinski definition) is 1. The minimum atomic E-state index is -0.140. The van der Waals surface area contributed by atoms with Gasteiger partial charge >= 0.3 is 0 Å². The van der Waals surface area contributed by atoms with Crippen molar-refractivity contribution in [2.75, 3.05) is 26.4 Å². The first-order valence-electron chi connectivity index (χ1n) is 5.63. The maximum atomic E-state index is 11.8. The van der Waals surface area contributed by atoms with Crippen LogP contribution >= 0.6 is 0 Å². The van der Waals surface area contributed by atoms with E-state index in [0.29, 0.717) is 32.1 Å². The van der Waals surface area contributed by atoms with Crippen molar-refractivity contribution in [1.82, 2.24) is 4.90 Å². The highest BCUT2D eigenvalue weighted by Gasteiger charge is 2.26. The van der Waals surface area contributed by atoms with Gasteiger partial charge in [-0.3, -0.25) is 4.79 Å². The Morgan fingerprint density at radius 2 is 2.33 bits per heavy atom. The molecule has 1 amide bonds. The zero-order valence-corrected chi connectivity index (χ0v) is 9.61. The lowest BCUT2D eigenvalue weighted by Gasteiger charge is -2.34. The van der Waals surface area contributed by atoms with Crippen LogP contribution in [0.25, 0.3) is 0 Å². The normalized spacial score (nSPS) is 22.1. The fourth-order valence-electron chi connectivity index (χ4n) is 1.69. The smallest absolute Gasteiger partial charge is 0.223 e. The van der Waals surface area contributed by atoms with Gasteiger partial charge in [-0.05, 0) is 12.3 Å². The quantitative estimate of drug-likeness (QED) is 0.749. The topological polar surface area (TPSA) is 49.8 Å². The zero-order chi connectivity index (χ0) is 11.3. The van der Waals surface area contributed by atoms with E-state index in [0.717, 1.165) is 6.42 Å². The number of amides is 1. The van der Waals surface area contributed by atoms with Crippen molar-refractivity contribution in [3.8, 4) is 0 Å². The average molecular weight is 215 g/mol. The maximum Gasteiger partial charge on any atom is 0.223 e. The number of carbonyl (C=O) groups is 1. The molecule has 0 aromatic heterocycles. The summed E-state index contributed by atoms with van der Waals surface area (Å²) in [6.07, 6.45) is 1.49. The molecule has 0 spiro atoms. The van der Waals surface area contributed by atoms with Gasteiger partial charge in [-0.25, -0.2) is 0 Å². The molecular formula is C11H21NO3. The highest BCUT2D eigenvalue weighted by molar-refractivity contribution is 5.76. The van der Waals surface area contributed by atoms with Gasteiger partial charge in [0.1, 0.15) is 0 Å². The fraction of sp³-hybridized carbons (Fsp3) is 0.909. The molecule has 1 rings (SSSR count). The van der Waals surface area contributed by atoms with Gasteiger partial charge in [-0.15, -0.1) is 0 Å². The number of nitrogens with zero attached hydrogens (tertiary/aromatic N) is 1. The summed E-state index contributed by atoms with van der Waals surface area (Å²) >= 11 is 0. The lowest BCUT2D eigenvalue weighted by molar-refractivity contribution is -0.141. The van der Waals surface area contributed by atoms with Gasteiger partial charge in [0.25, 0.3) is 0 Å². The Morgan fingerprint density at radius 3 is 2.93 bits per heavy atom. The Hall–Kier alpha value is -0.610. The van der Waals surface area contributed by atoms with Crippen molar-refractivity contribution in [1.29, 1.82) is 0 Å². The third kappa shape index (κ3) is 3.80. The van der Waals surface area contributed by atoms with Gasteiger partial charge in [0.05, 0.1) is 25.9 Å². The molecule has 1 heterocycles. The maximum absolute atomic E-state index is 11.8. The molecule has 0 radical (unpaired) electrons. The van der Waals surface area contributed by atoms with Crippen molar-refractivity contribution < 1.29 is 14.6 Å². The molecular weight excluding hydrogens is 194 g/mol. The molecule has 0 aromatic rings. The van der Waals surface area contributed by atoms with Crippen LogP contribution in [-0.2, 0) is 9.53 Å². The van der Waals surface area contributed by atoms with Gasteiger partial charge in [0, 0.05) is 13.0 Å². The number of ether oxygens (including phenoxy) is 1. The van der Waals surface area contributed by atoms with E-state index in [1.54, 1.807) is 4.90 Å². The summed E-state index contributed by atoms with van der Waals surface area (Å²) in [5, 5.41) is 9.11. The van der Waals surface area contributed by atoms with E-state index in [1.807, 2.05) is 0 Å². The summed E-state index contributed by atoms with van der Waals surface area (Å²) in [6, 6.07) is -0.140. The Bertz CT molecular complexity index is 206. The molecule has 1 saturated heterocycles. The van der Waals surface area contributed by atoms with E-state index in [4.69, 9.17) is 9.84 Å². The first-order valence-corrected chi connectivity index (χ1v) is 5.63. The molecule has 1 unspecified atom stereocenters. The third-order valence-corrected chi connectivity index (χ3v) is 2.69. The largest absolute Gasteiger partial charge is 0.394 e. The molecule has 0 aliphatic carbocycles. The summed E-state index contributed by atoms with van der Waals surface area (Å²) < 4.78 is 5.23. The second kappa shape index (κ2) is 6.08. The first-order chi connectivity index (χ1) is 7.15. The number of aliphatic hydroxyl groups is 1. The lowest BCUT2D eigenvalue weighted by atomic mass is 10.1. The predicted octanol–water partition coefficient (Wildman–Crippen LogP) is 0.642. The van der Waals surface area contributed by atoms with Gasteiger partial charge in [-0.2, -0.15) is 0 Å². The van der Waals surface area contributed by atoms with Crippen LogP contribution in [0.3, 0.4) is 0 Å². The number of hydrogen-bond acceptors (Lipinski definition) is 3. The van der Waals surface area contributed by atoms with E-state index in [-0.39, 0.29) is 18.6 Å². The average Bonchev–Trinajstić information content (AvgIpc) is 2.25. The number of rotatable bonds is 4. The minimum absolute atomic E-state index is 0.00653. The third-order valence-electron chi connectivity index (χ3n) is 2.69. The number of morpholine rings is 1. The van der Waals surface area contributed by atoms with Gasteiger partial charge in [0.2, 0.25) is 5.91 Å². The van der Waals surface area contributed by atoms with E-state index >= 15 is 0 Å². The highest BCUT2D eigenvalue weighted by Crippen LogP contribution is 2.11. The van der Waals surface area contributed by atoms with E-state index in [2.05, 4.69) is 13.8 Å². The highest BCUT2D eigenvalue weighted by atomic mass is 16.5. The molecule has 0 aromatic carbocycles. The Balaban J connectivity index is 2.41. The number of aliphatic hydroxyl groups excluding tert-OH is 1. The van der Waals surface area contributed by atoms with Crippen molar-refractivity contribution >= 4 is 5.91 Å². The predicted molar refractivity (Wildman–Crippen MR) is 57.5 cm³/mol. The number of carbonyl (C=O) groups excluding carboxylic acids is 1. The molecule has 88 valence electrons. The standard InChI is InChI=1S/C11H21NO3/c1-9(2)3-4-11(14)12-5-6-15-8-10(12)7-13/h9-10,13H,3-8H2,1-2H3. The van der Waals surface area contributed by atoms with Crippen molar-refractivity contribution in [3.05, 3.63) is 0 Å². The zero-order valence-electron chi connectivity index (χ0n) is 9.61. The van der Waals surface area contributed by atoms with E-state index in [1.165, 1.54) is 0 Å². The van der Waals surface area contributed by atoms with Crippen LogP contribution in [-0.4, -0.2) is 48.3 Å². The molecule has 0 bridgehead atoms. The van der Waals surface area contributed by atoms with Crippen LogP contribution < -0.4 is 0 Å². The van der Waals surface area contributed by atoms with Crippen molar-refractivity contribution in [2.45, 2.75) is 32.7 Å². The van der Waals surface area contributed by atoms with Gasteiger partial charge < -0.3 is 14.7 Å². The van der Waals surface area contributed by atoms with Crippen LogP contribution in [0, 0.1) is 5.92 Å². The molecule has 1 atom stereocenters. The summed E-state index contributed by atoms with van der Waals surface area (Å²) in [5.41, 5.74) is 0.